The van der Waals surface area contributed by atoms with Crippen molar-refractivity contribution in [2.75, 3.05) is 0 Å². The van der Waals surface area contributed by atoms with E-state index in [-0.39, 0.29) is 5.84 Å². The third-order valence-corrected chi connectivity index (χ3v) is 4.27. The van der Waals surface area contributed by atoms with Crippen LogP contribution in [-0.2, 0) is 0 Å². The van der Waals surface area contributed by atoms with Crippen molar-refractivity contribution in [1.29, 1.82) is 5.41 Å². The van der Waals surface area contributed by atoms with Crippen LogP contribution in [0.25, 0.3) is 0 Å². The molecular weight excluding hydrogens is 264 g/mol. The second-order valence-corrected chi connectivity index (χ2v) is 6.35. The summed E-state index contributed by atoms with van der Waals surface area (Å²) in [6.07, 6.45) is 0. The molecule has 2 rings (SSSR count). The second-order valence-electron chi connectivity index (χ2n) is 5.24. The van der Waals surface area contributed by atoms with E-state index in [1.54, 1.807) is 11.8 Å². The summed E-state index contributed by atoms with van der Waals surface area (Å²) in [5.41, 5.74) is 8.97. The summed E-state index contributed by atoms with van der Waals surface area (Å²) in [6.45, 7) is 6.43. The van der Waals surface area contributed by atoms with Gasteiger partial charge in [0, 0.05) is 15.4 Å². The molecule has 0 atom stereocenters. The molecule has 0 spiro atoms. The van der Waals surface area contributed by atoms with Gasteiger partial charge in [0.25, 0.3) is 0 Å². The van der Waals surface area contributed by atoms with E-state index in [0.29, 0.717) is 5.92 Å². The smallest absolute Gasteiger partial charge is 0.123 e. The second kappa shape index (κ2) is 6.14. The molecule has 104 valence electrons. The van der Waals surface area contributed by atoms with E-state index in [9.17, 15) is 0 Å². The van der Waals surface area contributed by atoms with Crippen molar-refractivity contribution in [3.63, 3.8) is 0 Å². The molecule has 0 saturated heterocycles. The van der Waals surface area contributed by atoms with Gasteiger partial charge < -0.3 is 5.73 Å². The summed E-state index contributed by atoms with van der Waals surface area (Å²) in [4.78, 5) is 2.21. The number of hydrogen-bond acceptors (Lipinski definition) is 2. The lowest BCUT2D eigenvalue weighted by Crippen LogP contribution is -2.12. The molecule has 2 nitrogen and oxygen atoms in total. The summed E-state index contributed by atoms with van der Waals surface area (Å²) in [7, 11) is 0. The quantitative estimate of drug-likeness (QED) is 0.639. The van der Waals surface area contributed by atoms with Crippen LogP contribution in [0.5, 0.6) is 0 Å². The Morgan fingerprint density at radius 3 is 2.30 bits per heavy atom. The first-order valence-electron chi connectivity index (χ1n) is 6.70. The third-order valence-electron chi connectivity index (χ3n) is 3.20. The summed E-state index contributed by atoms with van der Waals surface area (Å²) in [5, 5.41) is 7.67. The number of rotatable bonds is 4. The molecule has 0 bridgehead atoms. The van der Waals surface area contributed by atoms with Crippen molar-refractivity contribution >= 4 is 17.6 Å². The molecule has 0 aliphatic rings. The van der Waals surface area contributed by atoms with Gasteiger partial charge in [-0.05, 0) is 48.2 Å². The van der Waals surface area contributed by atoms with Crippen molar-refractivity contribution in [3.05, 3.63) is 59.2 Å². The molecule has 0 unspecified atom stereocenters. The van der Waals surface area contributed by atoms with Gasteiger partial charge in [0.15, 0.2) is 0 Å². The molecule has 20 heavy (non-hydrogen) atoms. The Morgan fingerprint density at radius 2 is 1.75 bits per heavy atom. The number of nitrogen functional groups attached to an aromatic ring is 1. The Morgan fingerprint density at radius 1 is 1.10 bits per heavy atom. The van der Waals surface area contributed by atoms with Crippen molar-refractivity contribution in [2.24, 2.45) is 5.73 Å². The fraction of sp³-hybridized carbons (Fsp3) is 0.235. The van der Waals surface area contributed by atoms with E-state index in [2.05, 4.69) is 51.1 Å². The predicted molar refractivity (Wildman–Crippen MR) is 86.8 cm³/mol. The van der Waals surface area contributed by atoms with Crippen molar-refractivity contribution in [1.82, 2.24) is 0 Å². The first-order valence-corrected chi connectivity index (χ1v) is 7.52. The first-order chi connectivity index (χ1) is 9.47. The lowest BCUT2D eigenvalue weighted by molar-refractivity contribution is 0.865. The SMILES string of the molecule is Cc1ccc(C(=N)N)c(Sc2ccc(C(C)C)cc2)c1. The van der Waals surface area contributed by atoms with Crippen LogP contribution in [-0.4, -0.2) is 5.84 Å². The molecule has 3 N–H and O–H groups in total. The van der Waals surface area contributed by atoms with E-state index in [0.717, 1.165) is 10.5 Å². The topological polar surface area (TPSA) is 49.9 Å². The minimum atomic E-state index is 0.117. The standard InChI is InChI=1S/C17H20N2S/c1-11(2)13-5-7-14(8-6-13)20-16-10-12(3)4-9-15(16)17(18)19/h4-11H,1-3H3,(H3,18,19). The fourth-order valence-electron chi connectivity index (χ4n) is 1.98. The van der Waals surface area contributed by atoms with Gasteiger partial charge in [0.2, 0.25) is 0 Å². The lowest BCUT2D eigenvalue weighted by Gasteiger charge is -2.10. The number of benzene rings is 2. The number of aryl methyl sites for hydroxylation is 1. The Bertz CT molecular complexity index is 615. The molecule has 2 aromatic carbocycles. The molecule has 0 saturated carbocycles. The Labute approximate surface area is 124 Å². The zero-order valence-electron chi connectivity index (χ0n) is 12.1. The minimum absolute atomic E-state index is 0.117. The van der Waals surface area contributed by atoms with Crippen LogP contribution in [0.4, 0.5) is 0 Å². The van der Waals surface area contributed by atoms with Gasteiger partial charge in [-0.15, -0.1) is 0 Å². The highest BCUT2D eigenvalue weighted by Crippen LogP contribution is 2.32. The average molecular weight is 284 g/mol. The number of amidine groups is 1. The van der Waals surface area contributed by atoms with Gasteiger partial charge >= 0.3 is 0 Å². The zero-order valence-corrected chi connectivity index (χ0v) is 12.9. The van der Waals surface area contributed by atoms with Crippen LogP contribution in [0.1, 0.15) is 36.5 Å². The summed E-state index contributed by atoms with van der Waals surface area (Å²) in [5.74, 6) is 0.659. The van der Waals surface area contributed by atoms with Crippen LogP contribution < -0.4 is 5.73 Å². The molecule has 0 radical (unpaired) electrons. The maximum absolute atomic E-state index is 7.67. The first kappa shape index (κ1) is 14.7. The van der Waals surface area contributed by atoms with Crippen LogP contribution in [0.3, 0.4) is 0 Å². The molecule has 0 fully saturated rings. The van der Waals surface area contributed by atoms with E-state index < -0.39 is 0 Å². The molecule has 0 aromatic heterocycles. The number of nitrogens with two attached hydrogens (primary N) is 1. The molecule has 0 amide bonds. The molecule has 3 heteroatoms. The minimum Gasteiger partial charge on any atom is -0.384 e. The van der Waals surface area contributed by atoms with E-state index in [1.807, 2.05) is 12.1 Å². The highest BCUT2D eigenvalue weighted by atomic mass is 32.2. The zero-order chi connectivity index (χ0) is 14.7. The highest BCUT2D eigenvalue weighted by molar-refractivity contribution is 7.99. The van der Waals surface area contributed by atoms with Gasteiger partial charge in [-0.25, -0.2) is 0 Å². The van der Waals surface area contributed by atoms with Gasteiger partial charge in [-0.1, -0.05) is 43.8 Å². The summed E-state index contributed by atoms with van der Waals surface area (Å²) in [6, 6.07) is 14.6. The van der Waals surface area contributed by atoms with Crippen molar-refractivity contribution < 1.29 is 0 Å². The maximum atomic E-state index is 7.67. The number of hydrogen-bond donors (Lipinski definition) is 2. The third kappa shape index (κ3) is 3.42. The number of nitrogens with one attached hydrogen (secondary N) is 1. The van der Waals surface area contributed by atoms with Crippen molar-refractivity contribution in [3.8, 4) is 0 Å². The van der Waals surface area contributed by atoms with E-state index in [4.69, 9.17) is 11.1 Å². The van der Waals surface area contributed by atoms with Gasteiger partial charge in [0.1, 0.15) is 5.84 Å². The largest absolute Gasteiger partial charge is 0.384 e. The van der Waals surface area contributed by atoms with Gasteiger partial charge in [0.05, 0.1) is 0 Å². The predicted octanol–water partition coefficient (Wildman–Crippen LogP) is 4.55. The van der Waals surface area contributed by atoms with Gasteiger partial charge in [-0.2, -0.15) is 0 Å². The normalized spacial score (nSPS) is 10.8. The maximum Gasteiger partial charge on any atom is 0.123 e. The lowest BCUT2D eigenvalue weighted by atomic mass is 10.0. The Balaban J connectivity index is 2.29. The van der Waals surface area contributed by atoms with Crippen LogP contribution >= 0.6 is 11.8 Å². The average Bonchev–Trinajstić information content (AvgIpc) is 2.39. The van der Waals surface area contributed by atoms with E-state index in [1.165, 1.54) is 16.0 Å². The van der Waals surface area contributed by atoms with E-state index >= 15 is 0 Å². The molecule has 0 heterocycles. The van der Waals surface area contributed by atoms with Crippen LogP contribution in [0.15, 0.2) is 52.3 Å². The monoisotopic (exact) mass is 284 g/mol. The van der Waals surface area contributed by atoms with Crippen LogP contribution in [0, 0.1) is 12.3 Å². The van der Waals surface area contributed by atoms with Gasteiger partial charge in [-0.3, -0.25) is 5.41 Å². The fourth-order valence-corrected chi connectivity index (χ4v) is 3.04. The molecule has 0 aliphatic carbocycles. The molecule has 2 aromatic rings. The van der Waals surface area contributed by atoms with Crippen LogP contribution in [0.2, 0.25) is 0 Å². The molecular formula is C17H20N2S. The summed E-state index contributed by atoms with van der Waals surface area (Å²) >= 11 is 1.66. The Kier molecular flexibility index (Phi) is 4.50. The molecule has 0 aliphatic heterocycles. The highest BCUT2D eigenvalue weighted by Gasteiger charge is 2.08. The Hall–Kier alpha value is -1.74. The summed E-state index contributed by atoms with van der Waals surface area (Å²) < 4.78 is 0. The van der Waals surface area contributed by atoms with Crippen molar-refractivity contribution in [2.45, 2.75) is 36.5 Å².